The number of fused-ring (bicyclic) bond motifs is 1. The zero-order valence-electron chi connectivity index (χ0n) is 19.2. The van der Waals surface area contributed by atoms with Gasteiger partial charge in [0.15, 0.2) is 6.04 Å². The fourth-order valence-electron chi connectivity index (χ4n) is 3.64. The third kappa shape index (κ3) is 4.98. The maximum absolute atomic E-state index is 11.9. The van der Waals surface area contributed by atoms with Crippen LogP contribution in [0.3, 0.4) is 0 Å². The van der Waals surface area contributed by atoms with Gasteiger partial charge in [-0.05, 0) is 34.1 Å². The predicted molar refractivity (Wildman–Crippen MR) is 127 cm³/mol. The summed E-state index contributed by atoms with van der Waals surface area (Å²) in [5.74, 6) is -0.843. The summed E-state index contributed by atoms with van der Waals surface area (Å²) in [5.41, 5.74) is 3.93. The first-order valence-electron chi connectivity index (χ1n) is 10.6. The molecule has 0 aliphatic rings. The van der Waals surface area contributed by atoms with Crippen molar-refractivity contribution in [2.75, 3.05) is 0 Å². The molecule has 0 unspecified atom stereocenters. The van der Waals surface area contributed by atoms with Crippen molar-refractivity contribution in [1.82, 2.24) is 4.98 Å². The molecular weight excluding hydrogens is 388 g/mol. The number of phenolic OH excluding ortho intramolecular Hbond substituents is 1. The number of aliphatic imine (C=N–C) groups is 1. The fourth-order valence-corrected chi connectivity index (χ4v) is 3.64. The predicted octanol–water partition coefficient (Wildman–Crippen LogP) is 5.58. The highest BCUT2D eigenvalue weighted by atomic mass is 16.4. The first-order chi connectivity index (χ1) is 14.4. The number of hydrogen-bond donors (Lipinski definition) is 3. The average molecular weight is 421 g/mol. The van der Waals surface area contributed by atoms with Crippen LogP contribution in [-0.2, 0) is 22.0 Å². The molecule has 0 amide bonds. The molecule has 0 aliphatic carbocycles. The fraction of sp³-hybridized carbons (Fsp3) is 0.385. The molecule has 3 aromatic rings. The van der Waals surface area contributed by atoms with Gasteiger partial charge in [0.05, 0.1) is 0 Å². The molecular formula is C26H32N2O3. The van der Waals surface area contributed by atoms with Crippen molar-refractivity contribution >= 4 is 23.1 Å². The molecule has 0 aliphatic heterocycles. The Bertz CT molecular complexity index is 1130. The van der Waals surface area contributed by atoms with Gasteiger partial charge in [0.25, 0.3) is 0 Å². The first kappa shape index (κ1) is 22.6. The van der Waals surface area contributed by atoms with Gasteiger partial charge in [0, 0.05) is 40.9 Å². The second kappa shape index (κ2) is 8.22. The molecule has 1 aromatic heterocycles. The van der Waals surface area contributed by atoms with Crippen molar-refractivity contribution in [2.45, 2.75) is 64.8 Å². The summed E-state index contributed by atoms with van der Waals surface area (Å²) in [5, 5.41) is 21.7. The van der Waals surface area contributed by atoms with Crippen molar-refractivity contribution in [3.05, 3.63) is 64.8 Å². The van der Waals surface area contributed by atoms with Crippen LogP contribution in [0.25, 0.3) is 10.9 Å². The number of aromatic nitrogens is 1. The van der Waals surface area contributed by atoms with E-state index in [4.69, 9.17) is 0 Å². The Balaban J connectivity index is 2.00. The monoisotopic (exact) mass is 420 g/mol. The van der Waals surface area contributed by atoms with Crippen LogP contribution in [0.2, 0.25) is 0 Å². The number of aromatic hydroxyl groups is 1. The van der Waals surface area contributed by atoms with Crippen molar-refractivity contribution < 1.29 is 15.0 Å². The van der Waals surface area contributed by atoms with Crippen molar-refractivity contribution in [2.24, 2.45) is 4.99 Å². The van der Waals surface area contributed by atoms with Crippen LogP contribution >= 0.6 is 0 Å². The number of carboxylic acids is 1. The Morgan fingerprint density at radius 3 is 2.39 bits per heavy atom. The summed E-state index contributed by atoms with van der Waals surface area (Å²) in [6.45, 7) is 12.5. The zero-order chi connectivity index (χ0) is 23.0. The number of benzene rings is 2. The summed E-state index contributed by atoms with van der Waals surface area (Å²) in [6.07, 6.45) is 3.61. The van der Waals surface area contributed by atoms with E-state index in [0.717, 1.165) is 27.6 Å². The number of carbonyl (C=O) groups is 1. The molecule has 3 rings (SSSR count). The molecule has 0 radical (unpaired) electrons. The maximum Gasteiger partial charge on any atom is 0.328 e. The average Bonchev–Trinajstić information content (AvgIpc) is 3.07. The lowest BCUT2D eigenvalue weighted by molar-refractivity contribution is -0.138. The summed E-state index contributed by atoms with van der Waals surface area (Å²) in [4.78, 5) is 19.5. The second-order valence-electron chi connectivity index (χ2n) is 10.2. The van der Waals surface area contributed by atoms with E-state index < -0.39 is 12.0 Å². The highest BCUT2D eigenvalue weighted by molar-refractivity contribution is 5.88. The minimum Gasteiger partial charge on any atom is -0.507 e. The van der Waals surface area contributed by atoms with Gasteiger partial charge in [-0.3, -0.25) is 4.99 Å². The van der Waals surface area contributed by atoms with E-state index in [1.165, 1.54) is 6.21 Å². The van der Waals surface area contributed by atoms with Crippen molar-refractivity contribution in [3.63, 3.8) is 0 Å². The Kier molecular flexibility index (Phi) is 5.99. The minimum atomic E-state index is -0.996. The number of aliphatic carboxylic acids is 1. The van der Waals surface area contributed by atoms with Crippen LogP contribution in [0.5, 0.6) is 5.75 Å². The quantitative estimate of drug-likeness (QED) is 0.471. The molecule has 0 saturated carbocycles. The third-order valence-electron chi connectivity index (χ3n) is 5.58. The number of hydrogen-bond acceptors (Lipinski definition) is 3. The Labute approximate surface area is 183 Å². The van der Waals surface area contributed by atoms with Crippen LogP contribution in [0.1, 0.15) is 63.8 Å². The van der Waals surface area contributed by atoms with E-state index in [9.17, 15) is 15.0 Å². The largest absolute Gasteiger partial charge is 0.507 e. The third-order valence-corrected chi connectivity index (χ3v) is 5.58. The molecule has 1 heterocycles. The van der Waals surface area contributed by atoms with Gasteiger partial charge in [-0.15, -0.1) is 0 Å². The van der Waals surface area contributed by atoms with Gasteiger partial charge in [0.2, 0.25) is 0 Å². The molecule has 31 heavy (non-hydrogen) atoms. The number of aromatic amines is 1. The SMILES string of the molecule is CC(C)(C)c1cc(C=N[C@@H](Cc2c[nH]c3ccccc23)C(=O)O)c(O)c(C(C)(C)C)c1. The normalized spacial score (nSPS) is 13.7. The van der Waals surface area contributed by atoms with Crippen LogP contribution in [0.15, 0.2) is 47.6 Å². The number of carboxylic acid groups (broad SMARTS) is 1. The van der Waals surface area contributed by atoms with E-state index in [-0.39, 0.29) is 23.0 Å². The van der Waals surface area contributed by atoms with Gasteiger partial charge >= 0.3 is 5.97 Å². The number of H-pyrrole nitrogens is 1. The van der Waals surface area contributed by atoms with E-state index in [2.05, 4.69) is 30.7 Å². The van der Waals surface area contributed by atoms with Crippen LogP contribution in [-0.4, -0.2) is 33.4 Å². The van der Waals surface area contributed by atoms with Gasteiger partial charge in [-0.2, -0.15) is 0 Å². The standard InChI is InChI=1S/C26H32N2O3/c1-25(2,3)18-11-17(23(29)20(13-18)26(4,5)6)15-28-22(24(30)31)12-16-14-27-21-10-8-7-9-19(16)21/h7-11,13-15,22,27,29H,12H2,1-6H3,(H,30,31)/t22-/m0/s1. The lowest BCUT2D eigenvalue weighted by Gasteiger charge is -2.27. The van der Waals surface area contributed by atoms with Crippen LogP contribution in [0, 0.1) is 0 Å². The summed E-state index contributed by atoms with van der Waals surface area (Å²) >= 11 is 0. The van der Waals surface area contributed by atoms with Gasteiger partial charge in [-0.25, -0.2) is 4.79 Å². The van der Waals surface area contributed by atoms with E-state index >= 15 is 0 Å². The number of nitrogens with zero attached hydrogens (tertiary/aromatic N) is 1. The van der Waals surface area contributed by atoms with E-state index in [1.54, 1.807) is 0 Å². The molecule has 1 atom stereocenters. The van der Waals surface area contributed by atoms with E-state index in [0.29, 0.717) is 5.56 Å². The lowest BCUT2D eigenvalue weighted by atomic mass is 9.79. The smallest absolute Gasteiger partial charge is 0.328 e. The number of nitrogens with one attached hydrogen (secondary N) is 1. The highest BCUT2D eigenvalue weighted by Gasteiger charge is 2.25. The van der Waals surface area contributed by atoms with Gasteiger partial charge in [-0.1, -0.05) is 65.8 Å². The van der Waals surface area contributed by atoms with Crippen molar-refractivity contribution in [3.8, 4) is 5.75 Å². The molecule has 2 aromatic carbocycles. The zero-order valence-corrected chi connectivity index (χ0v) is 19.2. The Hall–Kier alpha value is -3.08. The van der Waals surface area contributed by atoms with Crippen LogP contribution < -0.4 is 0 Å². The number of phenols is 1. The van der Waals surface area contributed by atoms with E-state index in [1.807, 2.05) is 63.4 Å². The summed E-state index contributed by atoms with van der Waals surface area (Å²) in [6, 6.07) is 10.8. The molecule has 3 N–H and O–H groups in total. The van der Waals surface area contributed by atoms with Gasteiger partial charge < -0.3 is 15.2 Å². The second-order valence-corrected chi connectivity index (χ2v) is 10.2. The minimum absolute atomic E-state index is 0.119. The first-order valence-corrected chi connectivity index (χ1v) is 10.6. The van der Waals surface area contributed by atoms with Crippen molar-refractivity contribution in [1.29, 1.82) is 0 Å². The molecule has 0 saturated heterocycles. The number of rotatable bonds is 5. The molecule has 0 spiro atoms. The molecule has 5 nitrogen and oxygen atoms in total. The summed E-state index contributed by atoms with van der Waals surface area (Å²) in [7, 11) is 0. The highest BCUT2D eigenvalue weighted by Crippen LogP contribution is 2.37. The Morgan fingerprint density at radius 2 is 1.77 bits per heavy atom. The molecule has 164 valence electrons. The number of para-hydroxylation sites is 1. The van der Waals surface area contributed by atoms with Crippen LogP contribution in [0.4, 0.5) is 0 Å². The molecule has 5 heteroatoms. The maximum atomic E-state index is 11.9. The molecule has 0 fully saturated rings. The Morgan fingerprint density at radius 1 is 1.10 bits per heavy atom. The van der Waals surface area contributed by atoms with Gasteiger partial charge in [0.1, 0.15) is 5.75 Å². The lowest BCUT2D eigenvalue weighted by Crippen LogP contribution is -2.21. The topological polar surface area (TPSA) is 85.7 Å². The summed E-state index contributed by atoms with van der Waals surface area (Å²) < 4.78 is 0. The molecule has 0 bridgehead atoms.